The Morgan fingerprint density at radius 3 is 2.41 bits per heavy atom. The summed E-state index contributed by atoms with van der Waals surface area (Å²) in [5.74, 6) is -1.37. The molecule has 3 aliphatic rings. The molecule has 3 aliphatic heterocycles. The van der Waals surface area contributed by atoms with Crippen LogP contribution in [0.2, 0.25) is 0 Å². The van der Waals surface area contributed by atoms with Crippen LogP contribution in [0.25, 0.3) is 0 Å². The number of rotatable bonds is 3. The molecule has 1 aromatic rings. The third-order valence-electron chi connectivity index (χ3n) is 4.75. The second-order valence-corrected chi connectivity index (χ2v) is 7.81. The Morgan fingerprint density at radius 2 is 1.67 bits per heavy atom. The maximum Gasteiger partial charge on any atom is 0.256 e. The van der Waals surface area contributed by atoms with Gasteiger partial charge in [0.15, 0.2) is 24.0 Å². The van der Waals surface area contributed by atoms with Gasteiger partial charge in [0.25, 0.3) is 5.91 Å². The molecule has 0 aliphatic carbocycles. The van der Waals surface area contributed by atoms with Crippen LogP contribution in [-0.2, 0) is 28.5 Å². The predicted molar refractivity (Wildman–Crippen MR) is 94.1 cm³/mol. The first-order chi connectivity index (χ1) is 12.7. The summed E-state index contributed by atoms with van der Waals surface area (Å²) in [6, 6.07) is 7.10. The van der Waals surface area contributed by atoms with Gasteiger partial charge in [0.1, 0.15) is 24.1 Å². The van der Waals surface area contributed by atoms with Crippen molar-refractivity contribution in [3.63, 3.8) is 0 Å². The lowest BCUT2D eigenvalue weighted by Crippen LogP contribution is -2.58. The van der Waals surface area contributed by atoms with E-state index in [-0.39, 0.29) is 5.91 Å². The first kappa shape index (κ1) is 18.6. The zero-order valence-electron chi connectivity index (χ0n) is 16.1. The average molecular weight is 379 g/mol. The van der Waals surface area contributed by atoms with Gasteiger partial charge in [0, 0.05) is 11.8 Å². The first-order valence-corrected chi connectivity index (χ1v) is 8.99. The zero-order valence-corrected chi connectivity index (χ0v) is 16.1. The van der Waals surface area contributed by atoms with Gasteiger partial charge in [-0.25, -0.2) is 0 Å². The van der Waals surface area contributed by atoms with E-state index in [1.165, 1.54) is 0 Å². The molecule has 8 heteroatoms. The lowest BCUT2D eigenvalue weighted by molar-refractivity contribution is -0.229. The number of carbonyl (C=O) groups is 1. The minimum absolute atomic E-state index is 0.341. The summed E-state index contributed by atoms with van der Waals surface area (Å²) in [5.41, 5.74) is 0.601. The smallest absolute Gasteiger partial charge is 0.256 e. The van der Waals surface area contributed by atoms with E-state index in [1.807, 2.05) is 0 Å². The Kier molecular flexibility index (Phi) is 4.44. The number of carbonyl (C=O) groups excluding carboxylic acids is 1. The molecule has 1 aromatic carbocycles. The number of fused-ring (bicyclic) bond motifs is 3. The molecule has 27 heavy (non-hydrogen) atoms. The van der Waals surface area contributed by atoms with Crippen molar-refractivity contribution in [2.45, 2.75) is 70.0 Å². The molecule has 0 radical (unpaired) electrons. The van der Waals surface area contributed by atoms with Crippen LogP contribution < -0.4 is 10.1 Å². The molecule has 0 spiro atoms. The second kappa shape index (κ2) is 6.42. The van der Waals surface area contributed by atoms with Gasteiger partial charge in [-0.2, -0.15) is 0 Å². The Hall–Kier alpha value is -1.71. The number of ether oxygens (including phenoxy) is 6. The zero-order chi connectivity index (χ0) is 19.4. The van der Waals surface area contributed by atoms with E-state index in [0.29, 0.717) is 11.4 Å². The van der Waals surface area contributed by atoms with Crippen molar-refractivity contribution in [1.82, 2.24) is 0 Å². The molecule has 3 fully saturated rings. The highest BCUT2D eigenvalue weighted by molar-refractivity contribution is 5.95. The number of nitrogens with one attached hydrogen (secondary N) is 1. The van der Waals surface area contributed by atoms with Crippen molar-refractivity contribution in [2.24, 2.45) is 0 Å². The van der Waals surface area contributed by atoms with Gasteiger partial charge in [-0.3, -0.25) is 4.79 Å². The minimum Gasteiger partial charge on any atom is -0.497 e. The van der Waals surface area contributed by atoms with Crippen molar-refractivity contribution in [3.05, 3.63) is 24.3 Å². The predicted octanol–water partition coefficient (Wildman–Crippen LogP) is 2.03. The Bertz CT molecular complexity index is 735. The number of hydrogen-bond acceptors (Lipinski definition) is 7. The van der Waals surface area contributed by atoms with Crippen molar-refractivity contribution >= 4 is 11.6 Å². The molecule has 1 amide bonds. The van der Waals surface area contributed by atoms with E-state index >= 15 is 0 Å². The van der Waals surface area contributed by atoms with Crippen molar-refractivity contribution < 1.29 is 33.2 Å². The summed E-state index contributed by atoms with van der Waals surface area (Å²) in [6.45, 7) is 7.21. The van der Waals surface area contributed by atoms with Crippen LogP contribution in [0.3, 0.4) is 0 Å². The number of amides is 1. The highest BCUT2D eigenvalue weighted by Crippen LogP contribution is 2.44. The van der Waals surface area contributed by atoms with Crippen LogP contribution in [0, 0.1) is 0 Å². The molecule has 0 aromatic heterocycles. The molecule has 3 heterocycles. The molecular formula is C19H25NO7. The molecule has 148 valence electrons. The second-order valence-electron chi connectivity index (χ2n) is 7.81. The van der Waals surface area contributed by atoms with Gasteiger partial charge >= 0.3 is 0 Å². The normalized spacial score (nSPS) is 36.0. The molecule has 0 unspecified atom stereocenters. The third kappa shape index (κ3) is 3.55. The fraction of sp³-hybridized carbons (Fsp3) is 0.632. The van der Waals surface area contributed by atoms with Crippen LogP contribution in [-0.4, -0.2) is 55.3 Å². The van der Waals surface area contributed by atoms with E-state index < -0.39 is 42.3 Å². The fourth-order valence-corrected chi connectivity index (χ4v) is 3.74. The van der Waals surface area contributed by atoms with E-state index in [1.54, 1.807) is 59.1 Å². The number of hydrogen-bond donors (Lipinski definition) is 1. The standard InChI is InChI=1S/C19H25NO7/c1-18(2)24-12-13(25-18)15-17(27-19(3,4)26-15)23-14(12)16(21)20-10-7-6-8-11(9-10)22-5/h6-9,12-15,17H,1-5H3,(H,20,21)/t12-,13+,14-,15-,17+/m1/s1. The maximum absolute atomic E-state index is 13.0. The van der Waals surface area contributed by atoms with Crippen LogP contribution >= 0.6 is 0 Å². The molecular weight excluding hydrogens is 354 g/mol. The van der Waals surface area contributed by atoms with Gasteiger partial charge in [-0.05, 0) is 39.8 Å². The average Bonchev–Trinajstić information content (AvgIpc) is 3.08. The molecule has 4 rings (SSSR count). The molecule has 1 N–H and O–H groups in total. The summed E-state index contributed by atoms with van der Waals surface area (Å²) in [5, 5.41) is 2.85. The summed E-state index contributed by atoms with van der Waals surface area (Å²) in [7, 11) is 1.57. The fourth-order valence-electron chi connectivity index (χ4n) is 3.74. The summed E-state index contributed by atoms with van der Waals surface area (Å²) in [4.78, 5) is 13.0. The first-order valence-electron chi connectivity index (χ1n) is 8.99. The summed E-state index contributed by atoms with van der Waals surface area (Å²) in [6.07, 6.45) is -3.15. The van der Waals surface area contributed by atoms with Gasteiger partial charge in [-0.15, -0.1) is 0 Å². The molecule has 5 atom stereocenters. The van der Waals surface area contributed by atoms with Crippen LogP contribution in [0.4, 0.5) is 5.69 Å². The highest BCUT2D eigenvalue weighted by Gasteiger charge is 2.62. The maximum atomic E-state index is 13.0. The lowest BCUT2D eigenvalue weighted by Gasteiger charge is -2.36. The topological polar surface area (TPSA) is 84.5 Å². The van der Waals surface area contributed by atoms with E-state index in [2.05, 4.69) is 5.32 Å². The van der Waals surface area contributed by atoms with Gasteiger partial charge in [-0.1, -0.05) is 6.07 Å². The highest BCUT2D eigenvalue weighted by atomic mass is 16.9. The molecule has 8 nitrogen and oxygen atoms in total. The van der Waals surface area contributed by atoms with Crippen molar-refractivity contribution in [2.75, 3.05) is 12.4 Å². The molecule has 0 saturated carbocycles. The number of anilines is 1. The van der Waals surface area contributed by atoms with Crippen molar-refractivity contribution in [1.29, 1.82) is 0 Å². The summed E-state index contributed by atoms with van der Waals surface area (Å²) < 4.78 is 34.9. The van der Waals surface area contributed by atoms with Crippen LogP contribution in [0.15, 0.2) is 24.3 Å². The molecule has 3 saturated heterocycles. The lowest BCUT2D eigenvalue weighted by atomic mass is 9.98. The SMILES string of the molecule is COc1cccc(NC(=O)[C@@H]2O[C@H]3OC(C)(C)O[C@@H]3[C@H]3OC(C)(C)O[C@H]32)c1. The number of methoxy groups -OCH3 is 1. The quantitative estimate of drug-likeness (QED) is 0.860. The van der Waals surface area contributed by atoms with E-state index in [9.17, 15) is 4.79 Å². The Balaban J connectivity index is 1.57. The Morgan fingerprint density at radius 1 is 1.00 bits per heavy atom. The van der Waals surface area contributed by atoms with Crippen molar-refractivity contribution in [3.8, 4) is 5.75 Å². The monoisotopic (exact) mass is 379 g/mol. The van der Waals surface area contributed by atoms with Gasteiger partial charge in [0.2, 0.25) is 0 Å². The molecule has 0 bridgehead atoms. The number of benzene rings is 1. The Labute approximate surface area is 158 Å². The van der Waals surface area contributed by atoms with Gasteiger partial charge in [0.05, 0.1) is 7.11 Å². The van der Waals surface area contributed by atoms with Crippen LogP contribution in [0.1, 0.15) is 27.7 Å². The van der Waals surface area contributed by atoms with E-state index in [0.717, 1.165) is 0 Å². The largest absolute Gasteiger partial charge is 0.497 e. The van der Waals surface area contributed by atoms with E-state index in [4.69, 9.17) is 28.4 Å². The van der Waals surface area contributed by atoms with Crippen LogP contribution in [0.5, 0.6) is 5.75 Å². The third-order valence-corrected chi connectivity index (χ3v) is 4.75. The summed E-state index contributed by atoms with van der Waals surface area (Å²) >= 11 is 0. The minimum atomic E-state index is -0.901. The van der Waals surface area contributed by atoms with Gasteiger partial charge < -0.3 is 33.7 Å².